The first-order valence-corrected chi connectivity index (χ1v) is 4.63. The Bertz CT molecular complexity index is 338. The lowest BCUT2D eigenvalue weighted by atomic mass is 10.0. The first-order valence-electron chi connectivity index (χ1n) is 4.63. The minimum absolute atomic E-state index is 0.286. The van der Waals surface area contributed by atoms with Crippen LogP contribution in [0.1, 0.15) is 18.1 Å². The van der Waals surface area contributed by atoms with Crippen molar-refractivity contribution in [3.8, 4) is 11.5 Å². The van der Waals surface area contributed by atoms with E-state index in [2.05, 4.69) is 12.4 Å². The Morgan fingerprint density at radius 1 is 1.29 bits per heavy atom. The minimum atomic E-state index is 0.286. The van der Waals surface area contributed by atoms with E-state index >= 15 is 0 Å². The normalized spacial score (nSPS) is 13.3. The van der Waals surface area contributed by atoms with E-state index in [1.165, 1.54) is 0 Å². The largest absolute Gasteiger partial charge is 0.454 e. The van der Waals surface area contributed by atoms with Crippen LogP contribution >= 0.6 is 0 Å². The summed E-state index contributed by atoms with van der Waals surface area (Å²) in [5, 5.41) is 8.67. The van der Waals surface area contributed by atoms with Gasteiger partial charge in [-0.2, -0.15) is 0 Å². The number of fused-ring (bicyclic) bond motifs is 1. The Balaban J connectivity index is 2.38. The SMILES string of the molecule is CCc1cc2c(cc1CNO)OCO2. The highest BCUT2D eigenvalue weighted by molar-refractivity contribution is 5.48. The highest BCUT2D eigenvalue weighted by atomic mass is 16.7. The van der Waals surface area contributed by atoms with Crippen LogP contribution in [0.3, 0.4) is 0 Å². The number of hydroxylamine groups is 1. The van der Waals surface area contributed by atoms with E-state index in [0.717, 1.165) is 29.0 Å². The van der Waals surface area contributed by atoms with Crippen LogP contribution < -0.4 is 15.0 Å². The number of ether oxygens (including phenoxy) is 2. The quantitative estimate of drug-likeness (QED) is 0.717. The molecule has 4 heteroatoms. The van der Waals surface area contributed by atoms with Gasteiger partial charge in [-0.1, -0.05) is 6.92 Å². The predicted octanol–water partition coefficient (Wildman–Crippen LogP) is 1.46. The van der Waals surface area contributed by atoms with Gasteiger partial charge in [0.25, 0.3) is 0 Å². The van der Waals surface area contributed by atoms with Gasteiger partial charge in [-0.15, -0.1) is 0 Å². The Hall–Kier alpha value is -1.26. The molecular weight excluding hydrogens is 182 g/mol. The smallest absolute Gasteiger partial charge is 0.231 e. The maximum absolute atomic E-state index is 8.67. The molecular formula is C10H13NO3. The fourth-order valence-electron chi connectivity index (χ4n) is 1.61. The molecule has 0 atom stereocenters. The summed E-state index contributed by atoms with van der Waals surface area (Å²) in [5.74, 6) is 1.55. The van der Waals surface area contributed by atoms with Crippen molar-refractivity contribution in [3.63, 3.8) is 0 Å². The van der Waals surface area contributed by atoms with Crippen molar-refractivity contribution in [1.29, 1.82) is 0 Å². The Morgan fingerprint density at radius 2 is 1.93 bits per heavy atom. The molecule has 1 aromatic rings. The molecule has 0 bridgehead atoms. The second-order valence-corrected chi connectivity index (χ2v) is 3.16. The van der Waals surface area contributed by atoms with Crippen LogP contribution in [0.15, 0.2) is 12.1 Å². The summed E-state index contributed by atoms with van der Waals surface area (Å²) >= 11 is 0. The molecule has 0 amide bonds. The van der Waals surface area contributed by atoms with Gasteiger partial charge in [0.1, 0.15) is 0 Å². The molecule has 0 saturated carbocycles. The standard InChI is InChI=1S/C10H13NO3/c1-2-7-3-9-10(14-6-13-9)4-8(7)5-11-12/h3-4,11-12H,2,5-6H2,1H3. The van der Waals surface area contributed by atoms with Gasteiger partial charge in [-0.05, 0) is 29.7 Å². The number of rotatable bonds is 3. The number of benzene rings is 1. The summed E-state index contributed by atoms with van der Waals surface area (Å²) < 4.78 is 10.5. The third kappa shape index (κ3) is 1.54. The Labute approximate surface area is 82.4 Å². The number of nitrogens with one attached hydrogen (secondary N) is 1. The summed E-state index contributed by atoms with van der Waals surface area (Å²) in [6.45, 7) is 2.78. The summed E-state index contributed by atoms with van der Waals surface area (Å²) in [6.07, 6.45) is 0.910. The maximum atomic E-state index is 8.67. The summed E-state index contributed by atoms with van der Waals surface area (Å²) in [4.78, 5) is 0. The lowest BCUT2D eigenvalue weighted by molar-refractivity contribution is 0.161. The number of hydrogen-bond acceptors (Lipinski definition) is 4. The van der Waals surface area contributed by atoms with Crippen LogP contribution in [0.2, 0.25) is 0 Å². The van der Waals surface area contributed by atoms with Gasteiger partial charge >= 0.3 is 0 Å². The zero-order valence-corrected chi connectivity index (χ0v) is 8.04. The van der Waals surface area contributed by atoms with Crippen molar-refractivity contribution in [1.82, 2.24) is 5.48 Å². The first kappa shape index (κ1) is 9.30. The van der Waals surface area contributed by atoms with E-state index in [1.54, 1.807) is 0 Å². The van der Waals surface area contributed by atoms with Crippen LogP contribution in [0, 0.1) is 0 Å². The van der Waals surface area contributed by atoms with Crippen LogP contribution in [-0.4, -0.2) is 12.0 Å². The predicted molar refractivity (Wildman–Crippen MR) is 50.6 cm³/mol. The average Bonchev–Trinajstić information content (AvgIpc) is 2.64. The summed E-state index contributed by atoms with van der Waals surface area (Å²) in [5.41, 5.74) is 4.36. The van der Waals surface area contributed by atoms with Crippen molar-refractivity contribution in [2.24, 2.45) is 0 Å². The summed E-state index contributed by atoms with van der Waals surface area (Å²) in [6, 6.07) is 3.87. The summed E-state index contributed by atoms with van der Waals surface area (Å²) in [7, 11) is 0. The van der Waals surface area contributed by atoms with Gasteiger partial charge in [0, 0.05) is 6.54 Å². The molecule has 2 rings (SSSR count). The van der Waals surface area contributed by atoms with E-state index in [-0.39, 0.29) is 6.79 Å². The molecule has 1 heterocycles. The van der Waals surface area contributed by atoms with Gasteiger partial charge in [0.2, 0.25) is 6.79 Å². The van der Waals surface area contributed by atoms with Crippen LogP contribution in [-0.2, 0) is 13.0 Å². The van der Waals surface area contributed by atoms with E-state index in [0.29, 0.717) is 6.54 Å². The minimum Gasteiger partial charge on any atom is -0.454 e. The lowest BCUT2D eigenvalue weighted by Gasteiger charge is -2.08. The van der Waals surface area contributed by atoms with Crippen molar-refractivity contribution in [2.75, 3.05) is 6.79 Å². The third-order valence-electron chi connectivity index (χ3n) is 2.35. The van der Waals surface area contributed by atoms with Crippen molar-refractivity contribution in [3.05, 3.63) is 23.3 Å². The van der Waals surface area contributed by atoms with Crippen molar-refractivity contribution >= 4 is 0 Å². The fourth-order valence-corrected chi connectivity index (χ4v) is 1.61. The van der Waals surface area contributed by atoms with Crippen molar-refractivity contribution < 1.29 is 14.7 Å². The van der Waals surface area contributed by atoms with Gasteiger partial charge in [-0.3, -0.25) is 0 Å². The van der Waals surface area contributed by atoms with Crippen molar-refractivity contribution in [2.45, 2.75) is 19.9 Å². The molecule has 0 spiro atoms. The van der Waals surface area contributed by atoms with E-state index in [9.17, 15) is 0 Å². The first-order chi connectivity index (χ1) is 6.85. The molecule has 0 saturated heterocycles. The molecule has 0 aromatic heterocycles. The van der Waals surface area contributed by atoms with E-state index < -0.39 is 0 Å². The third-order valence-corrected chi connectivity index (χ3v) is 2.35. The molecule has 1 aliphatic rings. The molecule has 1 aromatic carbocycles. The van der Waals surface area contributed by atoms with Gasteiger partial charge in [0.15, 0.2) is 11.5 Å². The Kier molecular flexibility index (Phi) is 2.56. The van der Waals surface area contributed by atoms with Gasteiger partial charge < -0.3 is 14.7 Å². The van der Waals surface area contributed by atoms with E-state index in [1.807, 2.05) is 12.1 Å². The highest BCUT2D eigenvalue weighted by Crippen LogP contribution is 2.34. The van der Waals surface area contributed by atoms with Crippen LogP contribution in [0.4, 0.5) is 0 Å². The second kappa shape index (κ2) is 3.86. The monoisotopic (exact) mass is 195 g/mol. The highest BCUT2D eigenvalue weighted by Gasteiger charge is 2.15. The lowest BCUT2D eigenvalue weighted by Crippen LogP contribution is -2.08. The maximum Gasteiger partial charge on any atom is 0.231 e. The molecule has 2 N–H and O–H groups in total. The van der Waals surface area contributed by atoms with Crippen LogP contribution in [0.25, 0.3) is 0 Å². The molecule has 14 heavy (non-hydrogen) atoms. The average molecular weight is 195 g/mol. The Morgan fingerprint density at radius 3 is 2.50 bits per heavy atom. The molecule has 0 unspecified atom stereocenters. The fraction of sp³-hybridized carbons (Fsp3) is 0.400. The molecule has 0 fully saturated rings. The van der Waals surface area contributed by atoms with Gasteiger partial charge in [0.05, 0.1) is 0 Å². The van der Waals surface area contributed by atoms with E-state index in [4.69, 9.17) is 14.7 Å². The number of hydrogen-bond donors (Lipinski definition) is 2. The number of aryl methyl sites for hydroxylation is 1. The topological polar surface area (TPSA) is 50.7 Å². The zero-order valence-electron chi connectivity index (χ0n) is 8.04. The molecule has 4 nitrogen and oxygen atoms in total. The molecule has 0 radical (unpaired) electrons. The molecule has 0 aliphatic carbocycles. The zero-order chi connectivity index (χ0) is 9.97. The second-order valence-electron chi connectivity index (χ2n) is 3.16. The molecule has 76 valence electrons. The van der Waals surface area contributed by atoms with Gasteiger partial charge in [-0.25, -0.2) is 5.48 Å². The molecule has 1 aliphatic heterocycles. The van der Waals surface area contributed by atoms with Crippen LogP contribution in [0.5, 0.6) is 11.5 Å².